The summed E-state index contributed by atoms with van der Waals surface area (Å²) in [6.07, 6.45) is 2.85. The van der Waals surface area contributed by atoms with Gasteiger partial charge in [0.15, 0.2) is 11.7 Å². The first kappa shape index (κ1) is 20.4. The highest BCUT2D eigenvalue weighted by atomic mass is 35.5. The zero-order valence-corrected chi connectivity index (χ0v) is 16.1. The first-order valence-corrected chi connectivity index (χ1v) is 8.74. The quantitative estimate of drug-likeness (QED) is 0.406. The van der Waals surface area contributed by atoms with Crippen LogP contribution in [0.4, 0.5) is 0 Å². The van der Waals surface area contributed by atoms with Crippen molar-refractivity contribution in [3.8, 4) is 5.75 Å². The molecule has 0 aliphatic rings. The van der Waals surface area contributed by atoms with Crippen LogP contribution < -0.4 is 20.9 Å². The number of hydrogen-bond donors (Lipinski definition) is 3. The van der Waals surface area contributed by atoms with Gasteiger partial charge in [-0.25, -0.2) is 0 Å². The summed E-state index contributed by atoms with van der Waals surface area (Å²) in [5.41, 5.74) is 6.56. The number of rotatable bonds is 5. The minimum absolute atomic E-state index is 0.0486. The molecule has 0 unspecified atom stereocenters. The molecule has 2 amide bonds. The van der Waals surface area contributed by atoms with Crippen molar-refractivity contribution in [3.05, 3.63) is 70.8 Å². The third kappa shape index (κ3) is 7.47. The average Bonchev–Trinajstić information content (AvgIpc) is 2.65. The van der Waals surface area contributed by atoms with Gasteiger partial charge >= 0.3 is 0 Å². The van der Waals surface area contributed by atoms with E-state index in [2.05, 4.69) is 16.2 Å². The van der Waals surface area contributed by atoms with Crippen molar-refractivity contribution >= 4 is 46.8 Å². The Balaban J connectivity index is 1.70. The molecule has 8 heteroatoms. The molecule has 2 aromatic rings. The number of nitrogens with one attached hydrogen (secondary N) is 3. The van der Waals surface area contributed by atoms with E-state index >= 15 is 0 Å². The number of hydrazine groups is 1. The molecule has 0 bridgehead atoms. The van der Waals surface area contributed by atoms with Gasteiger partial charge in [0.05, 0.1) is 0 Å². The third-order valence-electron chi connectivity index (χ3n) is 3.26. The van der Waals surface area contributed by atoms with Crippen LogP contribution in [0.2, 0.25) is 5.02 Å². The van der Waals surface area contributed by atoms with Crippen LogP contribution in [-0.2, 0) is 9.59 Å². The van der Waals surface area contributed by atoms with E-state index in [9.17, 15) is 9.59 Å². The zero-order chi connectivity index (χ0) is 19.6. The molecule has 6 nitrogen and oxygen atoms in total. The van der Waals surface area contributed by atoms with E-state index in [-0.39, 0.29) is 11.7 Å². The van der Waals surface area contributed by atoms with Crippen LogP contribution in [0.15, 0.2) is 54.6 Å². The Morgan fingerprint density at radius 1 is 1.11 bits per heavy atom. The van der Waals surface area contributed by atoms with E-state index in [4.69, 9.17) is 28.6 Å². The van der Waals surface area contributed by atoms with Crippen molar-refractivity contribution in [2.75, 3.05) is 6.61 Å². The first-order chi connectivity index (χ1) is 12.9. The SMILES string of the molecule is Cc1ccc(OCC(=O)NNC(=S)NC(=O)C=Cc2ccccc2Cl)cc1. The maximum atomic E-state index is 11.8. The highest BCUT2D eigenvalue weighted by molar-refractivity contribution is 7.80. The van der Waals surface area contributed by atoms with E-state index in [1.54, 1.807) is 36.4 Å². The van der Waals surface area contributed by atoms with Crippen LogP contribution in [-0.4, -0.2) is 23.5 Å². The van der Waals surface area contributed by atoms with Crippen molar-refractivity contribution in [2.24, 2.45) is 0 Å². The van der Waals surface area contributed by atoms with E-state index in [1.807, 2.05) is 25.1 Å². The van der Waals surface area contributed by atoms with Crippen molar-refractivity contribution < 1.29 is 14.3 Å². The number of hydrogen-bond acceptors (Lipinski definition) is 4. The first-order valence-electron chi connectivity index (χ1n) is 7.96. The van der Waals surface area contributed by atoms with Crippen LogP contribution >= 0.6 is 23.8 Å². The number of thiocarbonyl (C=S) groups is 1. The van der Waals surface area contributed by atoms with Gasteiger partial charge in [0, 0.05) is 11.1 Å². The van der Waals surface area contributed by atoms with Crippen molar-refractivity contribution in [1.29, 1.82) is 0 Å². The topological polar surface area (TPSA) is 79.5 Å². The lowest BCUT2D eigenvalue weighted by atomic mass is 10.2. The van der Waals surface area contributed by atoms with Crippen LogP contribution in [0, 0.1) is 6.92 Å². The number of benzene rings is 2. The van der Waals surface area contributed by atoms with Gasteiger partial charge in [0.1, 0.15) is 5.75 Å². The minimum atomic E-state index is -0.461. The number of carbonyl (C=O) groups is 2. The maximum absolute atomic E-state index is 11.8. The lowest BCUT2D eigenvalue weighted by molar-refractivity contribution is -0.123. The van der Waals surface area contributed by atoms with Crippen molar-refractivity contribution in [3.63, 3.8) is 0 Å². The summed E-state index contributed by atoms with van der Waals surface area (Å²) < 4.78 is 5.33. The van der Waals surface area contributed by atoms with Gasteiger partial charge in [-0.05, 0) is 49.0 Å². The molecular formula is C19H18ClN3O3S. The van der Waals surface area contributed by atoms with E-state index in [0.29, 0.717) is 16.3 Å². The van der Waals surface area contributed by atoms with Crippen LogP contribution in [0.3, 0.4) is 0 Å². The van der Waals surface area contributed by atoms with Gasteiger partial charge in [-0.15, -0.1) is 0 Å². The summed E-state index contributed by atoms with van der Waals surface area (Å²) in [6, 6.07) is 14.4. The largest absolute Gasteiger partial charge is 0.484 e. The van der Waals surface area contributed by atoms with Gasteiger partial charge in [-0.2, -0.15) is 0 Å². The molecular weight excluding hydrogens is 386 g/mol. The predicted octanol–water partition coefficient (Wildman–Crippen LogP) is 2.76. The summed E-state index contributed by atoms with van der Waals surface area (Å²) in [7, 11) is 0. The Morgan fingerprint density at radius 2 is 1.81 bits per heavy atom. The summed E-state index contributed by atoms with van der Waals surface area (Å²) in [6.45, 7) is 1.76. The van der Waals surface area contributed by atoms with Gasteiger partial charge in [0.2, 0.25) is 5.91 Å². The smallest absolute Gasteiger partial charge is 0.276 e. The number of carbonyl (C=O) groups excluding carboxylic acids is 2. The number of halogens is 1. The fourth-order valence-corrected chi connectivity index (χ4v) is 2.26. The highest BCUT2D eigenvalue weighted by Gasteiger charge is 2.05. The number of aryl methyl sites for hydroxylation is 1. The average molecular weight is 404 g/mol. The molecule has 0 heterocycles. The molecule has 0 atom stereocenters. The molecule has 2 aromatic carbocycles. The predicted molar refractivity (Wildman–Crippen MR) is 109 cm³/mol. The lowest BCUT2D eigenvalue weighted by Crippen LogP contribution is -2.49. The molecule has 2 rings (SSSR count). The van der Waals surface area contributed by atoms with Crippen molar-refractivity contribution in [1.82, 2.24) is 16.2 Å². The summed E-state index contributed by atoms with van der Waals surface area (Å²) >= 11 is 10.9. The van der Waals surface area contributed by atoms with Crippen molar-refractivity contribution in [2.45, 2.75) is 6.92 Å². The zero-order valence-electron chi connectivity index (χ0n) is 14.5. The fourth-order valence-electron chi connectivity index (χ4n) is 1.91. The Hall–Kier alpha value is -2.90. The minimum Gasteiger partial charge on any atom is -0.484 e. The molecule has 140 valence electrons. The highest BCUT2D eigenvalue weighted by Crippen LogP contribution is 2.16. The molecule has 3 N–H and O–H groups in total. The van der Waals surface area contributed by atoms with Gasteiger partial charge in [-0.1, -0.05) is 47.5 Å². The summed E-state index contributed by atoms with van der Waals surface area (Å²) in [5.74, 6) is -0.326. The van der Waals surface area contributed by atoms with Gasteiger partial charge in [-0.3, -0.25) is 25.8 Å². The normalized spacial score (nSPS) is 10.3. The molecule has 0 spiro atoms. The monoisotopic (exact) mass is 403 g/mol. The number of ether oxygens (including phenoxy) is 1. The summed E-state index contributed by atoms with van der Waals surface area (Å²) in [5, 5.41) is 2.88. The second kappa shape index (κ2) is 10.3. The molecule has 27 heavy (non-hydrogen) atoms. The third-order valence-corrected chi connectivity index (χ3v) is 3.81. The van der Waals surface area contributed by atoms with Crippen LogP contribution in [0.5, 0.6) is 5.75 Å². The van der Waals surface area contributed by atoms with E-state index < -0.39 is 11.8 Å². The van der Waals surface area contributed by atoms with Gasteiger partial charge in [0.25, 0.3) is 5.91 Å². The second-order valence-corrected chi connectivity index (χ2v) is 6.26. The molecule has 0 fully saturated rings. The maximum Gasteiger partial charge on any atom is 0.276 e. The molecule has 0 aromatic heterocycles. The van der Waals surface area contributed by atoms with Crippen LogP contribution in [0.1, 0.15) is 11.1 Å². The Bertz CT molecular complexity index is 854. The molecule has 0 saturated carbocycles. The second-order valence-electron chi connectivity index (χ2n) is 5.45. The number of amides is 2. The molecule has 0 radical (unpaired) electrons. The van der Waals surface area contributed by atoms with Gasteiger partial charge < -0.3 is 4.74 Å². The van der Waals surface area contributed by atoms with E-state index in [1.165, 1.54) is 6.08 Å². The Labute approximate surface area is 167 Å². The van der Waals surface area contributed by atoms with E-state index in [0.717, 1.165) is 5.56 Å². The standard InChI is InChI=1S/C19H18ClN3O3S/c1-13-6-9-15(10-7-13)26-12-18(25)22-23-19(27)21-17(24)11-8-14-4-2-3-5-16(14)20/h2-11H,12H2,1H3,(H,22,25)(H2,21,23,24,27). The molecule has 0 aliphatic carbocycles. The fraction of sp³-hybridized carbons (Fsp3) is 0.105. The van der Waals surface area contributed by atoms with Crippen LogP contribution in [0.25, 0.3) is 6.08 Å². The molecule has 0 aliphatic heterocycles. The molecule has 0 saturated heterocycles. The Kier molecular flexibility index (Phi) is 7.79. The lowest BCUT2D eigenvalue weighted by Gasteiger charge is -2.10. The summed E-state index contributed by atoms with van der Waals surface area (Å²) in [4.78, 5) is 23.5. The Morgan fingerprint density at radius 3 is 2.52 bits per heavy atom.